The molecule has 0 spiro atoms. The van der Waals surface area contributed by atoms with Gasteiger partial charge in [-0.15, -0.1) is 11.6 Å². The van der Waals surface area contributed by atoms with Crippen molar-refractivity contribution in [2.45, 2.75) is 44.5 Å². The first-order valence-electron chi connectivity index (χ1n) is 6.18. The SMILES string of the molecule is Cc1nn(C)c2c1nc(CCl)n2C1CCCC1. The van der Waals surface area contributed by atoms with Gasteiger partial charge < -0.3 is 4.57 Å². The number of rotatable bonds is 2. The van der Waals surface area contributed by atoms with Crippen LogP contribution in [-0.4, -0.2) is 19.3 Å². The van der Waals surface area contributed by atoms with Gasteiger partial charge in [0.05, 0.1) is 11.6 Å². The Kier molecular flexibility index (Phi) is 2.62. The first-order valence-corrected chi connectivity index (χ1v) is 6.72. The van der Waals surface area contributed by atoms with Crippen LogP contribution in [0, 0.1) is 6.92 Å². The minimum Gasteiger partial charge on any atom is -0.309 e. The molecule has 1 fully saturated rings. The summed E-state index contributed by atoms with van der Waals surface area (Å²) in [5.74, 6) is 1.47. The molecule has 1 aliphatic rings. The van der Waals surface area contributed by atoms with E-state index in [1.807, 2.05) is 18.7 Å². The summed E-state index contributed by atoms with van der Waals surface area (Å²) >= 11 is 6.03. The second kappa shape index (κ2) is 4.02. The van der Waals surface area contributed by atoms with Crippen molar-refractivity contribution < 1.29 is 0 Å². The molecule has 92 valence electrons. The van der Waals surface area contributed by atoms with Crippen LogP contribution < -0.4 is 0 Å². The molecule has 0 unspecified atom stereocenters. The number of aryl methyl sites for hydroxylation is 2. The summed E-state index contributed by atoms with van der Waals surface area (Å²) in [6, 6.07) is 0.559. The Hall–Kier alpha value is -1.03. The van der Waals surface area contributed by atoms with Crippen molar-refractivity contribution in [2.24, 2.45) is 7.05 Å². The molecule has 2 aromatic rings. The van der Waals surface area contributed by atoms with Crippen molar-refractivity contribution in [2.75, 3.05) is 0 Å². The number of nitrogens with zero attached hydrogens (tertiary/aromatic N) is 4. The van der Waals surface area contributed by atoms with Crippen LogP contribution in [0.4, 0.5) is 0 Å². The second-order valence-electron chi connectivity index (χ2n) is 4.85. The number of halogens is 1. The van der Waals surface area contributed by atoms with E-state index in [1.54, 1.807) is 0 Å². The van der Waals surface area contributed by atoms with Gasteiger partial charge in [-0.3, -0.25) is 4.68 Å². The Bertz CT molecular complexity index is 548. The molecule has 0 bridgehead atoms. The van der Waals surface area contributed by atoms with Gasteiger partial charge in [-0.1, -0.05) is 12.8 Å². The zero-order valence-electron chi connectivity index (χ0n) is 10.3. The highest BCUT2D eigenvalue weighted by Gasteiger charge is 2.25. The average molecular weight is 253 g/mol. The summed E-state index contributed by atoms with van der Waals surface area (Å²) < 4.78 is 4.25. The Balaban J connectivity index is 2.24. The van der Waals surface area contributed by atoms with E-state index >= 15 is 0 Å². The molecule has 0 aliphatic heterocycles. The average Bonchev–Trinajstić information content (AvgIpc) is 2.98. The molecular weight excluding hydrogens is 236 g/mol. The number of alkyl halides is 1. The molecule has 3 rings (SSSR count). The van der Waals surface area contributed by atoms with Crippen molar-refractivity contribution >= 4 is 22.8 Å². The number of aromatic nitrogens is 4. The maximum Gasteiger partial charge on any atom is 0.158 e. The van der Waals surface area contributed by atoms with Crippen LogP contribution in [-0.2, 0) is 12.9 Å². The molecule has 0 saturated heterocycles. The normalized spacial score (nSPS) is 17.4. The smallest absolute Gasteiger partial charge is 0.158 e. The van der Waals surface area contributed by atoms with Gasteiger partial charge in [0.1, 0.15) is 11.3 Å². The third-order valence-electron chi connectivity index (χ3n) is 3.72. The van der Waals surface area contributed by atoms with E-state index in [2.05, 4.69) is 14.6 Å². The van der Waals surface area contributed by atoms with Crippen molar-refractivity contribution in [3.8, 4) is 0 Å². The Morgan fingerprint density at radius 2 is 2.06 bits per heavy atom. The zero-order chi connectivity index (χ0) is 12.0. The molecule has 0 N–H and O–H groups in total. The van der Waals surface area contributed by atoms with Crippen molar-refractivity contribution in [1.82, 2.24) is 19.3 Å². The maximum atomic E-state index is 6.03. The number of hydrogen-bond donors (Lipinski definition) is 0. The molecule has 1 saturated carbocycles. The highest BCUT2D eigenvalue weighted by molar-refractivity contribution is 6.16. The summed E-state index contributed by atoms with van der Waals surface area (Å²) in [7, 11) is 1.99. The maximum absolute atomic E-state index is 6.03. The number of fused-ring (bicyclic) bond motifs is 1. The molecule has 2 heterocycles. The van der Waals surface area contributed by atoms with E-state index in [4.69, 9.17) is 11.6 Å². The van der Waals surface area contributed by atoms with Gasteiger partial charge in [0.25, 0.3) is 0 Å². The minimum atomic E-state index is 0.477. The van der Waals surface area contributed by atoms with Gasteiger partial charge in [-0.2, -0.15) is 5.10 Å². The lowest BCUT2D eigenvalue weighted by Crippen LogP contribution is -2.11. The van der Waals surface area contributed by atoms with Crippen LogP contribution in [0.1, 0.15) is 43.2 Å². The standard InChI is InChI=1S/C12H17ClN4/c1-8-11-12(16(2)15-8)17(10(7-13)14-11)9-5-3-4-6-9/h9H,3-7H2,1-2H3. The highest BCUT2D eigenvalue weighted by Crippen LogP contribution is 2.34. The fourth-order valence-corrected chi connectivity index (χ4v) is 3.17. The summed E-state index contributed by atoms with van der Waals surface area (Å²) in [5, 5.41) is 4.45. The minimum absolute atomic E-state index is 0.477. The third kappa shape index (κ3) is 1.58. The fourth-order valence-electron chi connectivity index (χ4n) is 2.98. The van der Waals surface area contributed by atoms with E-state index in [-0.39, 0.29) is 0 Å². The molecule has 0 aromatic carbocycles. The van der Waals surface area contributed by atoms with Crippen molar-refractivity contribution in [3.05, 3.63) is 11.5 Å². The van der Waals surface area contributed by atoms with Gasteiger partial charge >= 0.3 is 0 Å². The van der Waals surface area contributed by atoms with E-state index in [0.717, 1.165) is 22.7 Å². The zero-order valence-corrected chi connectivity index (χ0v) is 11.0. The van der Waals surface area contributed by atoms with Crippen LogP contribution in [0.3, 0.4) is 0 Å². The van der Waals surface area contributed by atoms with Gasteiger partial charge in [0.15, 0.2) is 5.65 Å². The van der Waals surface area contributed by atoms with E-state index < -0.39 is 0 Å². The Labute approximate surface area is 106 Å². The van der Waals surface area contributed by atoms with Crippen LogP contribution in [0.5, 0.6) is 0 Å². The topological polar surface area (TPSA) is 35.6 Å². The van der Waals surface area contributed by atoms with E-state index in [1.165, 1.54) is 25.7 Å². The lowest BCUT2D eigenvalue weighted by molar-refractivity contribution is 0.506. The van der Waals surface area contributed by atoms with Gasteiger partial charge in [-0.05, 0) is 19.8 Å². The largest absolute Gasteiger partial charge is 0.309 e. The number of hydrogen-bond acceptors (Lipinski definition) is 2. The van der Waals surface area contributed by atoms with Crippen LogP contribution in [0.2, 0.25) is 0 Å². The monoisotopic (exact) mass is 252 g/mol. The predicted octanol–water partition coefficient (Wildman–Crippen LogP) is 2.93. The first-order chi connectivity index (χ1) is 8.22. The second-order valence-corrected chi connectivity index (χ2v) is 5.12. The predicted molar refractivity (Wildman–Crippen MR) is 68.3 cm³/mol. The number of imidazole rings is 1. The van der Waals surface area contributed by atoms with E-state index in [9.17, 15) is 0 Å². The summed E-state index contributed by atoms with van der Waals surface area (Å²) in [6.07, 6.45) is 5.09. The molecule has 5 heteroatoms. The quantitative estimate of drug-likeness (QED) is 0.771. The first kappa shape index (κ1) is 11.1. The van der Waals surface area contributed by atoms with E-state index in [0.29, 0.717) is 11.9 Å². The summed E-state index contributed by atoms with van der Waals surface area (Å²) in [4.78, 5) is 4.64. The lowest BCUT2D eigenvalue weighted by Gasteiger charge is -2.15. The Morgan fingerprint density at radius 3 is 2.71 bits per heavy atom. The van der Waals surface area contributed by atoms with Crippen molar-refractivity contribution in [1.29, 1.82) is 0 Å². The molecule has 17 heavy (non-hydrogen) atoms. The molecule has 0 radical (unpaired) electrons. The molecule has 0 atom stereocenters. The van der Waals surface area contributed by atoms with Gasteiger partial charge in [-0.25, -0.2) is 4.98 Å². The van der Waals surface area contributed by atoms with Crippen LogP contribution in [0.25, 0.3) is 11.2 Å². The van der Waals surface area contributed by atoms with Gasteiger partial charge in [0, 0.05) is 13.1 Å². The van der Waals surface area contributed by atoms with Gasteiger partial charge in [0.2, 0.25) is 0 Å². The molecule has 4 nitrogen and oxygen atoms in total. The summed E-state index contributed by atoms with van der Waals surface area (Å²) in [5.41, 5.74) is 3.13. The summed E-state index contributed by atoms with van der Waals surface area (Å²) in [6.45, 7) is 2.01. The van der Waals surface area contributed by atoms with Crippen LogP contribution >= 0.6 is 11.6 Å². The fraction of sp³-hybridized carbons (Fsp3) is 0.667. The molecule has 0 amide bonds. The lowest BCUT2D eigenvalue weighted by atomic mass is 10.2. The molecule has 1 aliphatic carbocycles. The van der Waals surface area contributed by atoms with Crippen LogP contribution in [0.15, 0.2) is 0 Å². The highest BCUT2D eigenvalue weighted by atomic mass is 35.5. The Morgan fingerprint density at radius 1 is 1.35 bits per heavy atom. The van der Waals surface area contributed by atoms with Crippen molar-refractivity contribution in [3.63, 3.8) is 0 Å². The molecule has 2 aromatic heterocycles. The third-order valence-corrected chi connectivity index (χ3v) is 3.96. The molecular formula is C12H17ClN4.